The number of rotatable bonds is 9. The van der Waals surface area contributed by atoms with Crippen molar-refractivity contribution in [2.45, 2.75) is 111 Å². The molecule has 10 nitrogen and oxygen atoms in total. The monoisotopic (exact) mass is 599 g/mol. The van der Waals surface area contributed by atoms with Crippen LogP contribution in [-0.4, -0.2) is 71.7 Å². The molecule has 1 aliphatic heterocycles. The molecular formula is C33H53N5O5. The highest BCUT2D eigenvalue weighted by atomic mass is 16.2. The van der Waals surface area contributed by atoms with Gasteiger partial charge in [0.05, 0.1) is 0 Å². The highest BCUT2D eigenvalue weighted by Crippen LogP contribution is 2.17. The van der Waals surface area contributed by atoms with Crippen molar-refractivity contribution in [1.82, 2.24) is 26.2 Å². The third-order valence-corrected chi connectivity index (χ3v) is 7.64. The molecule has 240 valence electrons. The molecule has 1 aliphatic rings. The molecule has 1 aromatic carbocycles. The minimum Gasteiger partial charge on any atom is -0.343 e. The van der Waals surface area contributed by atoms with Crippen LogP contribution in [0.2, 0.25) is 0 Å². The Balaban J connectivity index is 2.66. The second-order valence-electron chi connectivity index (χ2n) is 13.5. The molecule has 0 saturated carbocycles. The number of benzene rings is 1. The SMILES string of the molecule is CC(C)C[C@@H]1C(=O)N[C@H](C(C)C)C(=O)N[C@H](CC(C)C)C(=O)N[C@H](CC(C)C)C(=O)N[C@H](Cc2ccccc2)C(=O)N1C. The standard InChI is InChI=1S/C33H53N5O5/c1-19(2)15-24-30(40)36-26(18-23-13-11-10-12-14-23)33(43)38(9)27(17-21(5)6)31(41)37-28(22(7)8)32(42)35-25(16-20(3)4)29(39)34-24/h10-14,19-22,24-28H,15-18H2,1-9H3,(H,34,39)(H,35,42)(H,36,40)(H,37,41)/t24-,25-,26-,27-,28-/m1/s1. The van der Waals surface area contributed by atoms with Crippen LogP contribution < -0.4 is 21.3 Å². The second-order valence-corrected chi connectivity index (χ2v) is 13.5. The number of hydrogen-bond acceptors (Lipinski definition) is 5. The number of amides is 5. The summed E-state index contributed by atoms with van der Waals surface area (Å²) in [7, 11) is 1.56. The molecule has 4 N–H and O–H groups in total. The molecule has 1 aromatic rings. The molecule has 10 heteroatoms. The molecular weight excluding hydrogens is 546 g/mol. The van der Waals surface area contributed by atoms with Gasteiger partial charge in [0, 0.05) is 13.5 Å². The molecule has 43 heavy (non-hydrogen) atoms. The quantitative estimate of drug-likeness (QED) is 0.346. The molecule has 1 saturated heterocycles. The third-order valence-electron chi connectivity index (χ3n) is 7.64. The fourth-order valence-electron chi connectivity index (χ4n) is 5.33. The van der Waals surface area contributed by atoms with E-state index in [1.807, 2.05) is 85.7 Å². The Morgan fingerprint density at radius 1 is 0.605 bits per heavy atom. The van der Waals surface area contributed by atoms with Crippen LogP contribution in [0.15, 0.2) is 30.3 Å². The zero-order chi connectivity index (χ0) is 32.4. The molecule has 0 radical (unpaired) electrons. The maximum atomic E-state index is 14.1. The third kappa shape index (κ3) is 11.0. The van der Waals surface area contributed by atoms with E-state index < -0.39 is 59.7 Å². The van der Waals surface area contributed by atoms with Crippen LogP contribution in [0.4, 0.5) is 0 Å². The molecule has 0 unspecified atom stereocenters. The van der Waals surface area contributed by atoms with Crippen molar-refractivity contribution in [2.75, 3.05) is 7.05 Å². The lowest BCUT2D eigenvalue weighted by Gasteiger charge is -2.33. The lowest BCUT2D eigenvalue weighted by molar-refractivity contribution is -0.143. The van der Waals surface area contributed by atoms with Gasteiger partial charge in [0.1, 0.15) is 30.2 Å². The van der Waals surface area contributed by atoms with Crippen molar-refractivity contribution in [3.05, 3.63) is 35.9 Å². The van der Waals surface area contributed by atoms with Crippen LogP contribution in [0.3, 0.4) is 0 Å². The normalized spacial score (nSPS) is 24.9. The van der Waals surface area contributed by atoms with E-state index in [0.29, 0.717) is 19.3 Å². The van der Waals surface area contributed by atoms with Gasteiger partial charge in [-0.25, -0.2) is 0 Å². The van der Waals surface area contributed by atoms with Crippen molar-refractivity contribution in [2.24, 2.45) is 23.7 Å². The minimum atomic E-state index is -0.980. The van der Waals surface area contributed by atoms with Gasteiger partial charge in [0.25, 0.3) is 0 Å². The number of carbonyl (C=O) groups is 5. The number of hydrogen-bond donors (Lipinski definition) is 4. The summed E-state index contributed by atoms with van der Waals surface area (Å²) in [6.45, 7) is 15.3. The lowest BCUT2D eigenvalue weighted by Crippen LogP contribution is -2.59. The zero-order valence-electron chi connectivity index (χ0n) is 27.4. The van der Waals surface area contributed by atoms with Crippen molar-refractivity contribution in [3.63, 3.8) is 0 Å². The summed E-state index contributed by atoms with van der Waals surface area (Å²) in [6, 6.07) is 4.73. The summed E-state index contributed by atoms with van der Waals surface area (Å²) in [6.07, 6.45) is 1.25. The number of carbonyl (C=O) groups excluding carboxylic acids is 5. The molecule has 5 amide bonds. The fourth-order valence-corrected chi connectivity index (χ4v) is 5.33. The lowest BCUT2D eigenvalue weighted by atomic mass is 9.97. The Bertz CT molecular complexity index is 1100. The molecule has 0 aliphatic carbocycles. The first-order chi connectivity index (χ1) is 20.1. The fraction of sp³-hybridized carbons (Fsp3) is 0.667. The Morgan fingerprint density at radius 3 is 1.53 bits per heavy atom. The summed E-state index contributed by atoms with van der Waals surface area (Å²) in [5.74, 6) is -2.43. The Kier molecular flexibility index (Phi) is 13.7. The van der Waals surface area contributed by atoms with Gasteiger partial charge in [-0.15, -0.1) is 0 Å². The van der Waals surface area contributed by atoms with E-state index in [1.54, 1.807) is 7.05 Å². The van der Waals surface area contributed by atoms with Crippen LogP contribution in [0.25, 0.3) is 0 Å². The van der Waals surface area contributed by atoms with Crippen molar-refractivity contribution < 1.29 is 24.0 Å². The highest BCUT2D eigenvalue weighted by Gasteiger charge is 2.38. The maximum Gasteiger partial charge on any atom is 0.245 e. The van der Waals surface area contributed by atoms with Gasteiger partial charge in [-0.2, -0.15) is 0 Å². The van der Waals surface area contributed by atoms with E-state index in [-0.39, 0.29) is 30.1 Å². The highest BCUT2D eigenvalue weighted by molar-refractivity contribution is 5.98. The summed E-state index contributed by atoms with van der Waals surface area (Å²) >= 11 is 0. The molecule has 1 fully saturated rings. The van der Waals surface area contributed by atoms with E-state index in [4.69, 9.17) is 0 Å². The van der Waals surface area contributed by atoms with Crippen LogP contribution in [0.1, 0.15) is 80.2 Å². The van der Waals surface area contributed by atoms with Gasteiger partial charge >= 0.3 is 0 Å². The Hall–Kier alpha value is -3.43. The van der Waals surface area contributed by atoms with Gasteiger partial charge < -0.3 is 26.2 Å². The predicted molar refractivity (Wildman–Crippen MR) is 168 cm³/mol. The summed E-state index contributed by atoms with van der Waals surface area (Å²) < 4.78 is 0. The number of likely N-dealkylation sites (N-methyl/N-ethyl adjacent to an activating group) is 1. The summed E-state index contributed by atoms with van der Waals surface area (Å²) in [4.78, 5) is 70.2. The zero-order valence-corrected chi connectivity index (χ0v) is 27.4. The predicted octanol–water partition coefficient (Wildman–Crippen LogP) is 2.80. The van der Waals surface area contributed by atoms with Gasteiger partial charge in [-0.1, -0.05) is 85.7 Å². The average Bonchev–Trinajstić information content (AvgIpc) is 2.91. The number of nitrogens with zero attached hydrogens (tertiary/aromatic N) is 1. The summed E-state index contributed by atoms with van der Waals surface area (Å²) in [5.41, 5.74) is 0.841. The average molecular weight is 600 g/mol. The maximum absolute atomic E-state index is 14.1. The summed E-state index contributed by atoms with van der Waals surface area (Å²) in [5, 5.41) is 11.5. The smallest absolute Gasteiger partial charge is 0.245 e. The first-order valence-electron chi connectivity index (χ1n) is 15.6. The minimum absolute atomic E-state index is 0.0600. The largest absolute Gasteiger partial charge is 0.343 e. The molecule has 2 rings (SSSR count). The van der Waals surface area contributed by atoms with Gasteiger partial charge in [-0.3, -0.25) is 24.0 Å². The van der Waals surface area contributed by atoms with Crippen LogP contribution in [0, 0.1) is 23.7 Å². The van der Waals surface area contributed by atoms with E-state index >= 15 is 0 Å². The van der Waals surface area contributed by atoms with E-state index in [9.17, 15) is 24.0 Å². The Labute approximate surface area is 257 Å². The first kappa shape index (κ1) is 35.8. The molecule has 0 bridgehead atoms. The number of nitrogens with one attached hydrogen (secondary N) is 4. The van der Waals surface area contributed by atoms with Gasteiger partial charge in [0.2, 0.25) is 29.5 Å². The van der Waals surface area contributed by atoms with Crippen molar-refractivity contribution in [3.8, 4) is 0 Å². The van der Waals surface area contributed by atoms with Crippen LogP contribution in [0.5, 0.6) is 0 Å². The van der Waals surface area contributed by atoms with Crippen molar-refractivity contribution in [1.29, 1.82) is 0 Å². The van der Waals surface area contributed by atoms with E-state index in [0.717, 1.165) is 5.56 Å². The van der Waals surface area contributed by atoms with E-state index in [2.05, 4.69) is 21.3 Å². The molecule has 1 heterocycles. The van der Waals surface area contributed by atoms with E-state index in [1.165, 1.54) is 4.90 Å². The topological polar surface area (TPSA) is 137 Å². The van der Waals surface area contributed by atoms with Crippen LogP contribution >= 0.6 is 0 Å². The Morgan fingerprint density at radius 2 is 1.07 bits per heavy atom. The first-order valence-corrected chi connectivity index (χ1v) is 15.6. The van der Waals surface area contributed by atoms with Crippen LogP contribution in [-0.2, 0) is 30.4 Å². The van der Waals surface area contributed by atoms with Crippen molar-refractivity contribution >= 4 is 29.5 Å². The second kappa shape index (κ2) is 16.4. The molecule has 0 aromatic heterocycles. The molecule has 0 spiro atoms. The van der Waals surface area contributed by atoms with Gasteiger partial charge in [-0.05, 0) is 48.5 Å². The van der Waals surface area contributed by atoms with Gasteiger partial charge in [0.15, 0.2) is 0 Å². The molecule has 5 atom stereocenters.